The first-order valence-corrected chi connectivity index (χ1v) is 10.5. The first kappa shape index (κ1) is 21.2. The summed E-state index contributed by atoms with van der Waals surface area (Å²) in [5.41, 5.74) is 2.58. The van der Waals surface area contributed by atoms with Gasteiger partial charge in [0, 0.05) is 14.2 Å². The molecule has 0 atom stereocenters. The summed E-state index contributed by atoms with van der Waals surface area (Å²) in [4.78, 5) is 0. The van der Waals surface area contributed by atoms with Gasteiger partial charge in [0.05, 0.1) is 13.2 Å². The van der Waals surface area contributed by atoms with Crippen LogP contribution in [0.3, 0.4) is 0 Å². The molecule has 0 aromatic heterocycles. The quantitative estimate of drug-likeness (QED) is 0.314. The summed E-state index contributed by atoms with van der Waals surface area (Å²) in [6, 6.07) is 25.7. The van der Waals surface area contributed by atoms with Crippen molar-refractivity contribution < 1.29 is 18.9 Å². The summed E-state index contributed by atoms with van der Waals surface area (Å²) < 4.78 is 21.5. The molecule has 0 amide bonds. The molecule has 0 aliphatic rings. The third-order valence-electron chi connectivity index (χ3n) is 5.27. The Morgan fingerprint density at radius 1 is 0.484 bits per heavy atom. The summed E-state index contributed by atoms with van der Waals surface area (Å²) >= 11 is 0. The van der Waals surface area contributed by atoms with Crippen molar-refractivity contribution >= 4 is 21.5 Å². The van der Waals surface area contributed by atoms with Gasteiger partial charge >= 0.3 is 0 Å². The molecule has 4 aromatic carbocycles. The SMILES string of the molecule is COCCOc1ccc2cc(Cc3ccc4cc(OCCOC)ccc4c3)ccc2c1. The van der Waals surface area contributed by atoms with E-state index in [0.717, 1.165) is 17.9 Å². The maximum atomic E-state index is 5.72. The van der Waals surface area contributed by atoms with E-state index in [0.29, 0.717) is 26.4 Å². The van der Waals surface area contributed by atoms with Crippen LogP contribution in [-0.4, -0.2) is 40.6 Å². The molecule has 31 heavy (non-hydrogen) atoms. The molecule has 4 aromatic rings. The monoisotopic (exact) mass is 416 g/mol. The lowest BCUT2D eigenvalue weighted by Crippen LogP contribution is -2.04. The molecule has 160 valence electrons. The number of ether oxygens (including phenoxy) is 4. The minimum Gasteiger partial charge on any atom is -0.491 e. The van der Waals surface area contributed by atoms with Crippen LogP contribution in [0.1, 0.15) is 11.1 Å². The van der Waals surface area contributed by atoms with E-state index in [1.807, 2.05) is 12.1 Å². The Morgan fingerprint density at radius 3 is 1.35 bits per heavy atom. The molecule has 0 aliphatic heterocycles. The van der Waals surface area contributed by atoms with E-state index in [1.165, 1.54) is 32.7 Å². The van der Waals surface area contributed by atoms with Crippen LogP contribution in [0.5, 0.6) is 11.5 Å². The predicted octanol–water partition coefficient (Wildman–Crippen LogP) is 5.63. The van der Waals surface area contributed by atoms with Crippen LogP contribution < -0.4 is 9.47 Å². The van der Waals surface area contributed by atoms with Gasteiger partial charge in [-0.1, -0.05) is 48.5 Å². The number of methoxy groups -OCH3 is 2. The molecule has 0 fully saturated rings. The summed E-state index contributed by atoms with van der Waals surface area (Å²) in [6.45, 7) is 2.29. The Kier molecular flexibility index (Phi) is 7.03. The van der Waals surface area contributed by atoms with Gasteiger partial charge in [0.15, 0.2) is 0 Å². The first-order chi connectivity index (χ1) is 15.2. The zero-order chi connectivity index (χ0) is 21.5. The van der Waals surface area contributed by atoms with Crippen molar-refractivity contribution in [1.82, 2.24) is 0 Å². The molecule has 4 nitrogen and oxygen atoms in total. The number of rotatable bonds is 10. The summed E-state index contributed by atoms with van der Waals surface area (Å²) in [7, 11) is 3.36. The molecule has 4 rings (SSSR count). The molecule has 0 saturated carbocycles. The minimum atomic E-state index is 0.558. The molecule has 0 aliphatic carbocycles. The standard InChI is InChI=1S/C27H28O4/c1-28-11-13-30-26-9-7-22-16-20(3-5-24(22)18-26)15-21-4-6-25-19-27(31-14-12-29-2)10-8-23(25)17-21/h3-10,16-19H,11-15H2,1-2H3. The zero-order valence-corrected chi connectivity index (χ0v) is 18.1. The lowest BCUT2D eigenvalue weighted by Gasteiger charge is -2.10. The van der Waals surface area contributed by atoms with Gasteiger partial charge in [-0.15, -0.1) is 0 Å². The molecule has 0 radical (unpaired) electrons. The number of benzene rings is 4. The van der Waals surface area contributed by atoms with Crippen LogP contribution in [0, 0.1) is 0 Å². The third-order valence-corrected chi connectivity index (χ3v) is 5.27. The lowest BCUT2D eigenvalue weighted by atomic mass is 9.99. The fourth-order valence-corrected chi connectivity index (χ4v) is 3.67. The van der Waals surface area contributed by atoms with Crippen molar-refractivity contribution in [3.05, 3.63) is 83.9 Å². The molecule has 0 unspecified atom stereocenters. The molecule has 0 spiro atoms. The average molecular weight is 417 g/mol. The second-order valence-electron chi connectivity index (χ2n) is 7.55. The van der Waals surface area contributed by atoms with Gasteiger partial charge in [0.25, 0.3) is 0 Å². The van der Waals surface area contributed by atoms with Crippen LogP contribution in [0.2, 0.25) is 0 Å². The van der Waals surface area contributed by atoms with Gasteiger partial charge in [-0.05, 0) is 63.4 Å². The largest absolute Gasteiger partial charge is 0.491 e. The Hall–Kier alpha value is -3.08. The fraction of sp³-hybridized carbons (Fsp3) is 0.259. The normalized spacial score (nSPS) is 11.2. The van der Waals surface area contributed by atoms with E-state index >= 15 is 0 Å². The van der Waals surface area contributed by atoms with Gasteiger partial charge in [-0.3, -0.25) is 0 Å². The van der Waals surface area contributed by atoms with E-state index in [4.69, 9.17) is 18.9 Å². The predicted molar refractivity (Wildman–Crippen MR) is 125 cm³/mol. The highest BCUT2D eigenvalue weighted by Gasteiger charge is 2.04. The second-order valence-corrected chi connectivity index (χ2v) is 7.55. The van der Waals surface area contributed by atoms with Crippen molar-refractivity contribution in [2.75, 3.05) is 40.6 Å². The van der Waals surface area contributed by atoms with Crippen LogP contribution in [0.25, 0.3) is 21.5 Å². The van der Waals surface area contributed by atoms with Crippen LogP contribution in [-0.2, 0) is 15.9 Å². The molecule has 0 heterocycles. The Morgan fingerprint density at radius 2 is 0.903 bits per heavy atom. The number of fused-ring (bicyclic) bond motifs is 2. The van der Waals surface area contributed by atoms with Crippen molar-refractivity contribution in [3.63, 3.8) is 0 Å². The van der Waals surface area contributed by atoms with Gasteiger partial charge in [0.1, 0.15) is 24.7 Å². The maximum Gasteiger partial charge on any atom is 0.120 e. The van der Waals surface area contributed by atoms with E-state index in [2.05, 4.69) is 60.7 Å². The third kappa shape index (κ3) is 5.54. The number of hydrogen-bond acceptors (Lipinski definition) is 4. The molecular formula is C27H28O4. The van der Waals surface area contributed by atoms with E-state index in [1.54, 1.807) is 14.2 Å². The van der Waals surface area contributed by atoms with Crippen LogP contribution in [0.4, 0.5) is 0 Å². The van der Waals surface area contributed by atoms with Crippen LogP contribution >= 0.6 is 0 Å². The highest BCUT2D eigenvalue weighted by molar-refractivity contribution is 5.86. The van der Waals surface area contributed by atoms with Crippen molar-refractivity contribution in [2.45, 2.75) is 6.42 Å². The highest BCUT2D eigenvalue weighted by Crippen LogP contribution is 2.26. The lowest BCUT2D eigenvalue weighted by molar-refractivity contribution is 0.146. The van der Waals surface area contributed by atoms with Crippen LogP contribution in [0.15, 0.2) is 72.8 Å². The smallest absolute Gasteiger partial charge is 0.120 e. The summed E-state index contributed by atoms with van der Waals surface area (Å²) in [5.74, 6) is 1.75. The summed E-state index contributed by atoms with van der Waals surface area (Å²) in [5, 5.41) is 4.79. The molecule has 0 N–H and O–H groups in total. The van der Waals surface area contributed by atoms with E-state index in [9.17, 15) is 0 Å². The van der Waals surface area contributed by atoms with Crippen molar-refractivity contribution in [1.29, 1.82) is 0 Å². The minimum absolute atomic E-state index is 0.558. The highest BCUT2D eigenvalue weighted by atomic mass is 16.5. The van der Waals surface area contributed by atoms with Crippen molar-refractivity contribution in [2.24, 2.45) is 0 Å². The van der Waals surface area contributed by atoms with Gasteiger partial charge in [-0.25, -0.2) is 0 Å². The van der Waals surface area contributed by atoms with Gasteiger partial charge in [-0.2, -0.15) is 0 Å². The van der Waals surface area contributed by atoms with E-state index in [-0.39, 0.29) is 0 Å². The first-order valence-electron chi connectivity index (χ1n) is 10.5. The Bertz CT molecular complexity index is 1060. The Balaban J connectivity index is 1.47. The fourth-order valence-electron chi connectivity index (χ4n) is 3.67. The zero-order valence-electron chi connectivity index (χ0n) is 18.1. The second kappa shape index (κ2) is 10.3. The van der Waals surface area contributed by atoms with Crippen molar-refractivity contribution in [3.8, 4) is 11.5 Å². The molecule has 4 heteroatoms. The van der Waals surface area contributed by atoms with E-state index < -0.39 is 0 Å². The molecule has 0 saturated heterocycles. The van der Waals surface area contributed by atoms with Gasteiger partial charge < -0.3 is 18.9 Å². The molecular weight excluding hydrogens is 388 g/mol. The van der Waals surface area contributed by atoms with Gasteiger partial charge in [0.2, 0.25) is 0 Å². The number of hydrogen-bond donors (Lipinski definition) is 0. The summed E-state index contributed by atoms with van der Waals surface area (Å²) in [6.07, 6.45) is 0.893. The molecule has 0 bridgehead atoms. The average Bonchev–Trinajstić information content (AvgIpc) is 2.79. The maximum absolute atomic E-state index is 5.72. The topological polar surface area (TPSA) is 36.9 Å². The Labute approximate surface area is 183 Å².